The lowest BCUT2D eigenvalue weighted by atomic mass is 9.97. The van der Waals surface area contributed by atoms with Crippen LogP contribution in [0.3, 0.4) is 0 Å². The van der Waals surface area contributed by atoms with Gasteiger partial charge in [0.25, 0.3) is 5.56 Å². The third-order valence-corrected chi connectivity index (χ3v) is 7.42. The Morgan fingerprint density at radius 1 is 1.15 bits per heavy atom. The molecule has 0 spiro atoms. The molecule has 0 amide bonds. The van der Waals surface area contributed by atoms with E-state index in [1.54, 1.807) is 4.57 Å². The Kier molecular flexibility index (Phi) is 8.24. The summed E-state index contributed by atoms with van der Waals surface area (Å²) in [6.45, 7) is 8.12. The molecule has 2 aliphatic rings. The Balaban J connectivity index is 1.42. The van der Waals surface area contributed by atoms with Gasteiger partial charge in [0.15, 0.2) is 6.29 Å². The average molecular weight is 468 g/mol. The minimum Gasteiger partial charge on any atom is -0.305 e. The van der Waals surface area contributed by atoms with Crippen molar-refractivity contribution in [2.45, 2.75) is 57.5 Å². The number of benzene rings is 1. The fourth-order valence-corrected chi connectivity index (χ4v) is 5.35. The third-order valence-electron chi connectivity index (χ3n) is 7.42. The van der Waals surface area contributed by atoms with Gasteiger partial charge in [-0.15, -0.1) is 0 Å². The first-order valence-electron chi connectivity index (χ1n) is 12.6. The number of likely N-dealkylation sites (N-methyl/N-ethyl adjacent to an activating group) is 1. The molecule has 8 nitrogen and oxygen atoms in total. The van der Waals surface area contributed by atoms with E-state index >= 15 is 0 Å². The van der Waals surface area contributed by atoms with Gasteiger partial charge in [0, 0.05) is 32.7 Å². The summed E-state index contributed by atoms with van der Waals surface area (Å²) >= 11 is 0. The van der Waals surface area contributed by atoms with E-state index in [9.17, 15) is 14.4 Å². The predicted octanol–water partition coefficient (Wildman–Crippen LogP) is 1.73. The molecule has 184 valence electrons. The summed E-state index contributed by atoms with van der Waals surface area (Å²) in [6.07, 6.45) is 5.85. The highest BCUT2D eigenvalue weighted by Crippen LogP contribution is 2.23. The van der Waals surface area contributed by atoms with E-state index in [0.29, 0.717) is 31.5 Å². The molecule has 0 aliphatic carbocycles. The first-order valence-corrected chi connectivity index (χ1v) is 12.6. The Morgan fingerprint density at radius 2 is 1.94 bits per heavy atom. The normalized spacial score (nSPS) is 22.2. The van der Waals surface area contributed by atoms with Crippen molar-refractivity contribution >= 4 is 23.0 Å². The van der Waals surface area contributed by atoms with Crippen LogP contribution in [0.4, 0.5) is 0 Å². The molecule has 2 atom stereocenters. The van der Waals surface area contributed by atoms with E-state index in [1.807, 2.05) is 19.1 Å². The molecular weight excluding hydrogens is 430 g/mol. The molecule has 8 heteroatoms. The topological polar surface area (TPSA) is 87.5 Å². The molecule has 1 aromatic carbocycles. The Labute approximate surface area is 201 Å². The molecule has 0 saturated carbocycles. The highest BCUT2D eigenvalue weighted by molar-refractivity contribution is 6.27. The number of nitrogens with zero attached hydrogens (tertiary/aromatic N) is 4. The zero-order valence-electron chi connectivity index (χ0n) is 20.5. The summed E-state index contributed by atoms with van der Waals surface area (Å²) in [4.78, 5) is 45.8. The zero-order chi connectivity index (χ0) is 24.1. The molecule has 2 aromatic rings. The fraction of sp³-hybridized carbons (Fsp3) is 0.615. The van der Waals surface area contributed by atoms with Crippen molar-refractivity contribution in [3.63, 3.8) is 0 Å². The first kappa shape index (κ1) is 24.7. The van der Waals surface area contributed by atoms with E-state index in [1.165, 1.54) is 6.42 Å². The lowest BCUT2D eigenvalue weighted by Gasteiger charge is -2.32. The summed E-state index contributed by atoms with van der Waals surface area (Å²) in [5.74, 6) is 0.267. The number of piperidine rings is 1. The zero-order valence-corrected chi connectivity index (χ0v) is 20.5. The molecule has 34 heavy (non-hydrogen) atoms. The monoisotopic (exact) mass is 467 g/mol. The van der Waals surface area contributed by atoms with Crippen molar-refractivity contribution < 1.29 is 9.59 Å². The van der Waals surface area contributed by atoms with Gasteiger partial charge >= 0.3 is 0 Å². The van der Waals surface area contributed by atoms with Gasteiger partial charge in [0.2, 0.25) is 5.78 Å². The van der Waals surface area contributed by atoms with Crippen molar-refractivity contribution in [1.29, 1.82) is 0 Å². The summed E-state index contributed by atoms with van der Waals surface area (Å²) in [5, 5.41) is 3.86. The van der Waals surface area contributed by atoms with Gasteiger partial charge in [-0.2, -0.15) is 0 Å². The summed E-state index contributed by atoms with van der Waals surface area (Å²) in [5.41, 5.74) is 1.83. The van der Waals surface area contributed by atoms with Crippen LogP contribution >= 0.6 is 0 Å². The third kappa shape index (κ3) is 5.62. The molecule has 1 N–H and O–H groups in total. The largest absolute Gasteiger partial charge is 0.305 e. The SMILES string of the molecule is Cc1nc2cccc(CCCCCN3CCN(C)CC3)c2c(=O)n1C1CCC(C(=O)C=O)NC1. The van der Waals surface area contributed by atoms with Gasteiger partial charge < -0.3 is 15.1 Å². The van der Waals surface area contributed by atoms with Crippen LogP contribution < -0.4 is 10.9 Å². The molecular formula is C26H37N5O3. The van der Waals surface area contributed by atoms with Gasteiger partial charge in [-0.25, -0.2) is 4.98 Å². The van der Waals surface area contributed by atoms with Crippen molar-refractivity contribution in [2.24, 2.45) is 0 Å². The second-order valence-electron chi connectivity index (χ2n) is 9.81. The number of fused-ring (bicyclic) bond motifs is 1. The van der Waals surface area contributed by atoms with Gasteiger partial charge in [0.1, 0.15) is 5.82 Å². The van der Waals surface area contributed by atoms with Gasteiger partial charge in [0.05, 0.1) is 23.0 Å². The molecule has 2 unspecified atom stereocenters. The number of carbonyl (C=O) groups is 2. The van der Waals surface area contributed by atoms with Crippen LogP contribution in [0.25, 0.3) is 10.9 Å². The van der Waals surface area contributed by atoms with Crippen LogP contribution in [0, 0.1) is 6.92 Å². The second kappa shape index (κ2) is 11.3. The molecule has 0 radical (unpaired) electrons. The molecule has 1 aromatic heterocycles. The average Bonchev–Trinajstić information content (AvgIpc) is 2.84. The number of hydrogen-bond donors (Lipinski definition) is 1. The second-order valence-corrected chi connectivity index (χ2v) is 9.81. The standard InChI is InChI=1S/C26H37N5O3/c1-19-28-23-9-6-8-20(7-4-3-5-12-30-15-13-29(2)14-16-30)25(23)26(34)31(19)21-10-11-22(27-17-21)24(33)18-32/h6,8-9,18,21-22,27H,3-5,7,10-17H2,1-2H3. The molecule has 2 saturated heterocycles. The van der Waals surface area contributed by atoms with Crippen LogP contribution in [0.5, 0.6) is 0 Å². The van der Waals surface area contributed by atoms with E-state index < -0.39 is 11.8 Å². The van der Waals surface area contributed by atoms with Gasteiger partial charge in [-0.1, -0.05) is 18.6 Å². The summed E-state index contributed by atoms with van der Waals surface area (Å²) in [7, 11) is 2.18. The van der Waals surface area contributed by atoms with E-state index in [4.69, 9.17) is 4.98 Å². The number of ketones is 1. The number of unbranched alkanes of at least 4 members (excludes halogenated alkanes) is 2. The maximum absolute atomic E-state index is 13.6. The van der Waals surface area contributed by atoms with Crippen molar-refractivity contribution in [1.82, 2.24) is 24.7 Å². The number of rotatable bonds is 9. The lowest BCUT2D eigenvalue weighted by molar-refractivity contribution is -0.131. The number of piperazine rings is 1. The molecule has 2 aliphatic heterocycles. The number of Topliss-reactive ketones (excluding diaryl/α,β-unsaturated/α-hetero) is 1. The minimum absolute atomic E-state index is 0.00232. The van der Waals surface area contributed by atoms with E-state index in [0.717, 1.165) is 68.5 Å². The summed E-state index contributed by atoms with van der Waals surface area (Å²) < 4.78 is 1.79. The fourth-order valence-electron chi connectivity index (χ4n) is 5.35. The van der Waals surface area contributed by atoms with Crippen molar-refractivity contribution in [3.8, 4) is 0 Å². The van der Waals surface area contributed by atoms with Crippen LogP contribution in [0.2, 0.25) is 0 Å². The maximum atomic E-state index is 13.6. The number of aldehydes is 1. The van der Waals surface area contributed by atoms with Crippen LogP contribution in [0.1, 0.15) is 49.5 Å². The van der Waals surface area contributed by atoms with Crippen LogP contribution in [-0.2, 0) is 16.0 Å². The highest BCUT2D eigenvalue weighted by atomic mass is 16.2. The highest BCUT2D eigenvalue weighted by Gasteiger charge is 2.28. The van der Waals surface area contributed by atoms with Crippen molar-refractivity contribution in [3.05, 3.63) is 39.9 Å². The number of hydrogen-bond acceptors (Lipinski definition) is 7. The molecule has 4 rings (SSSR count). The smallest absolute Gasteiger partial charge is 0.261 e. The van der Waals surface area contributed by atoms with Crippen LogP contribution in [-0.4, -0.2) is 83.8 Å². The Bertz CT molecular complexity index is 1070. The van der Waals surface area contributed by atoms with Crippen LogP contribution in [0.15, 0.2) is 23.0 Å². The lowest BCUT2D eigenvalue weighted by Crippen LogP contribution is -2.47. The summed E-state index contributed by atoms with van der Waals surface area (Å²) in [6, 6.07) is 5.46. The minimum atomic E-state index is -0.445. The number of aryl methyl sites for hydroxylation is 2. The molecule has 3 heterocycles. The molecule has 0 bridgehead atoms. The number of aromatic nitrogens is 2. The number of nitrogens with one attached hydrogen (secondary N) is 1. The van der Waals surface area contributed by atoms with Gasteiger partial charge in [-0.05, 0) is 64.3 Å². The van der Waals surface area contributed by atoms with E-state index in [-0.39, 0.29) is 11.6 Å². The van der Waals surface area contributed by atoms with E-state index in [2.05, 4.69) is 28.2 Å². The van der Waals surface area contributed by atoms with Crippen molar-refractivity contribution in [2.75, 3.05) is 46.3 Å². The van der Waals surface area contributed by atoms with Gasteiger partial charge in [-0.3, -0.25) is 19.0 Å². The quantitative estimate of drug-likeness (QED) is 0.341. The first-order chi connectivity index (χ1) is 16.5. The predicted molar refractivity (Wildman–Crippen MR) is 133 cm³/mol. The Hall–Kier alpha value is -2.42. The Morgan fingerprint density at radius 3 is 2.65 bits per heavy atom. The maximum Gasteiger partial charge on any atom is 0.261 e. The molecule has 2 fully saturated rings. The number of carbonyl (C=O) groups excluding carboxylic acids is 2.